The zero-order valence-corrected chi connectivity index (χ0v) is 17.8. The average Bonchev–Trinajstić information content (AvgIpc) is 2.78. The smallest absolute Gasteiger partial charge is 0.000442 e. The Morgan fingerprint density at radius 1 is 0.161 bits per heavy atom. The number of hydrogen-bond acceptors (Lipinski definition) is 1. The molecule has 1 heteroatoms. The summed E-state index contributed by atoms with van der Waals surface area (Å²) < 4.78 is 0. The van der Waals surface area contributed by atoms with Crippen molar-refractivity contribution in [2.24, 2.45) is 0 Å². The van der Waals surface area contributed by atoms with E-state index in [2.05, 4.69) is 5.32 Å². The number of rotatable bonds is 0. The van der Waals surface area contributed by atoms with Gasteiger partial charge in [0.25, 0.3) is 0 Å². The molecule has 0 aromatic rings. The van der Waals surface area contributed by atoms with Crippen molar-refractivity contribution >= 4 is 0 Å². The second kappa shape index (κ2) is 22.2. The summed E-state index contributed by atoms with van der Waals surface area (Å²) in [5.74, 6) is 0. The van der Waals surface area contributed by atoms with Gasteiger partial charge >= 0.3 is 0 Å². The lowest BCUT2D eigenvalue weighted by Gasteiger charge is -1.84. The van der Waals surface area contributed by atoms with Crippen LogP contribution in [0.4, 0.5) is 0 Å². The number of hydrogen-bond donors (Lipinski definition) is 1. The van der Waals surface area contributed by atoms with Crippen molar-refractivity contribution in [3.05, 3.63) is 183 Å². The van der Waals surface area contributed by atoms with Crippen molar-refractivity contribution in [3.63, 3.8) is 0 Å². The minimum Gasteiger partial charge on any atom is -0.368 e. The molecule has 0 bridgehead atoms. The predicted molar refractivity (Wildman–Crippen MR) is 140 cm³/mol. The van der Waals surface area contributed by atoms with E-state index in [0.717, 1.165) is 0 Å². The van der Waals surface area contributed by atoms with E-state index in [0.29, 0.717) is 0 Å². The van der Waals surface area contributed by atoms with E-state index in [1.807, 2.05) is 183 Å². The normalized spacial score (nSPS) is 16.0. The van der Waals surface area contributed by atoms with Crippen LogP contribution in [0, 0.1) is 0 Å². The summed E-state index contributed by atoms with van der Waals surface area (Å²) in [5, 5.41) is 3.08. The third kappa shape index (κ3) is 20.4. The molecule has 1 rings (SSSR count). The fourth-order valence-corrected chi connectivity index (χ4v) is 1.95. The molecule has 0 aromatic carbocycles. The Balaban J connectivity index is 2.64. The fraction of sp³-hybridized carbons (Fsp3) is 0. The molecule has 0 spiro atoms. The van der Waals surface area contributed by atoms with Gasteiger partial charge in [0.2, 0.25) is 0 Å². The zero-order valence-electron chi connectivity index (χ0n) is 17.8. The van der Waals surface area contributed by atoms with Crippen LogP contribution < -0.4 is 5.32 Å². The van der Waals surface area contributed by atoms with Crippen LogP contribution in [0.5, 0.6) is 0 Å². The van der Waals surface area contributed by atoms with Crippen molar-refractivity contribution in [2.45, 2.75) is 0 Å². The van der Waals surface area contributed by atoms with Crippen molar-refractivity contribution in [1.29, 1.82) is 0 Å². The zero-order chi connectivity index (χ0) is 21.9. The van der Waals surface area contributed by atoms with E-state index < -0.39 is 0 Å². The molecule has 0 saturated heterocycles. The lowest BCUT2D eigenvalue weighted by Crippen LogP contribution is -1.89. The molecule has 1 aliphatic rings. The number of nitrogens with one attached hydrogen (secondary N) is 1. The molecule has 156 valence electrons. The molecule has 1 heterocycles. The summed E-state index contributed by atoms with van der Waals surface area (Å²) in [7, 11) is 0. The second-order valence-corrected chi connectivity index (χ2v) is 5.89. The van der Waals surface area contributed by atoms with Gasteiger partial charge in [-0.15, -0.1) is 0 Å². The highest BCUT2D eigenvalue weighted by Crippen LogP contribution is 1.88. The Kier molecular flexibility index (Phi) is 17.9. The van der Waals surface area contributed by atoms with Crippen molar-refractivity contribution < 1.29 is 0 Å². The lowest BCUT2D eigenvalue weighted by molar-refractivity contribution is 1.20. The first kappa shape index (κ1) is 24.9. The van der Waals surface area contributed by atoms with E-state index in [1.165, 1.54) is 0 Å². The monoisotopic (exact) mass is 405 g/mol. The molecule has 31 heavy (non-hydrogen) atoms. The first-order valence-corrected chi connectivity index (χ1v) is 10.2. The highest BCUT2D eigenvalue weighted by atomic mass is 14.8. The molecule has 1 nitrogen and oxygen atoms in total. The third-order valence-corrected chi connectivity index (χ3v) is 3.38. The van der Waals surface area contributed by atoms with Gasteiger partial charge in [-0.2, -0.15) is 0 Å². The molecule has 0 saturated carbocycles. The maximum Gasteiger partial charge on any atom is 0.000442 e. The van der Waals surface area contributed by atoms with E-state index in [-0.39, 0.29) is 0 Å². The summed E-state index contributed by atoms with van der Waals surface area (Å²) in [6, 6.07) is 0. The van der Waals surface area contributed by atoms with Crippen LogP contribution in [0.2, 0.25) is 0 Å². The van der Waals surface area contributed by atoms with E-state index in [4.69, 9.17) is 0 Å². The number of allylic oxidation sites excluding steroid dienone is 28. The summed E-state index contributed by atoms with van der Waals surface area (Å²) >= 11 is 0. The third-order valence-electron chi connectivity index (χ3n) is 3.38. The van der Waals surface area contributed by atoms with Gasteiger partial charge in [-0.1, -0.05) is 158 Å². The maximum atomic E-state index is 3.08. The second-order valence-electron chi connectivity index (χ2n) is 5.89. The van der Waals surface area contributed by atoms with Crippen molar-refractivity contribution in [1.82, 2.24) is 5.32 Å². The molecule has 0 fully saturated rings. The Labute approximate surface area is 188 Å². The highest BCUT2D eigenvalue weighted by Gasteiger charge is 1.68. The van der Waals surface area contributed by atoms with Gasteiger partial charge in [-0.25, -0.2) is 0 Å². The molecule has 1 aliphatic heterocycles. The standard InChI is InChI=1S/C30H31N/c1-2-4-6-8-10-12-14-16-18-20-22-24-26-28-30-31-29-27-25-23-21-19-17-15-13-11-9-7-5-3-1/h1-31H. The Morgan fingerprint density at radius 3 is 0.452 bits per heavy atom. The SMILES string of the molecule is C1=CC=CC=CC=CC=CC=CC=CC=CNC=CC=CC=CC=CC=CC=CC=C1. The molecule has 0 aromatic heterocycles. The van der Waals surface area contributed by atoms with Crippen molar-refractivity contribution in [2.75, 3.05) is 0 Å². The quantitative estimate of drug-likeness (QED) is 0.433. The van der Waals surface area contributed by atoms with Crippen LogP contribution in [-0.4, -0.2) is 0 Å². The van der Waals surface area contributed by atoms with Gasteiger partial charge in [0.1, 0.15) is 0 Å². The molecule has 1 N–H and O–H groups in total. The van der Waals surface area contributed by atoms with Gasteiger partial charge in [0.05, 0.1) is 0 Å². The maximum absolute atomic E-state index is 3.08. The van der Waals surface area contributed by atoms with Gasteiger partial charge in [0, 0.05) is 12.4 Å². The van der Waals surface area contributed by atoms with E-state index in [9.17, 15) is 0 Å². The molecule has 0 unspecified atom stereocenters. The predicted octanol–water partition coefficient (Wildman–Crippen LogP) is 7.85. The van der Waals surface area contributed by atoms with Crippen LogP contribution in [0.3, 0.4) is 0 Å². The molecule has 0 atom stereocenters. The van der Waals surface area contributed by atoms with Crippen LogP contribution in [0.15, 0.2) is 183 Å². The summed E-state index contributed by atoms with van der Waals surface area (Å²) in [6.07, 6.45) is 59.4. The van der Waals surface area contributed by atoms with Crippen LogP contribution in [0.25, 0.3) is 0 Å². The van der Waals surface area contributed by atoms with Crippen molar-refractivity contribution in [3.8, 4) is 0 Å². The largest absolute Gasteiger partial charge is 0.368 e. The van der Waals surface area contributed by atoms with Gasteiger partial charge in [-0.05, 0) is 12.2 Å². The summed E-state index contributed by atoms with van der Waals surface area (Å²) in [4.78, 5) is 0. The molecule has 0 aliphatic carbocycles. The van der Waals surface area contributed by atoms with Gasteiger partial charge in [0.15, 0.2) is 0 Å². The minimum atomic E-state index is 1.88. The first-order chi connectivity index (χ1) is 15.5. The minimum absolute atomic E-state index is 1.88. The first-order valence-electron chi connectivity index (χ1n) is 10.2. The van der Waals surface area contributed by atoms with Gasteiger partial charge in [-0.3, -0.25) is 0 Å². The lowest BCUT2D eigenvalue weighted by atomic mass is 10.3. The van der Waals surface area contributed by atoms with E-state index in [1.54, 1.807) is 0 Å². The Bertz CT molecular complexity index is 822. The molecular formula is C30H31N. The molecule has 0 amide bonds. The average molecular weight is 406 g/mol. The fourth-order valence-electron chi connectivity index (χ4n) is 1.95. The van der Waals surface area contributed by atoms with E-state index >= 15 is 0 Å². The highest BCUT2D eigenvalue weighted by molar-refractivity contribution is 5.24. The van der Waals surface area contributed by atoms with Crippen LogP contribution in [-0.2, 0) is 0 Å². The van der Waals surface area contributed by atoms with Gasteiger partial charge < -0.3 is 5.32 Å². The summed E-state index contributed by atoms with van der Waals surface area (Å²) in [5.41, 5.74) is 0. The molecular weight excluding hydrogens is 374 g/mol. The topological polar surface area (TPSA) is 12.0 Å². The molecule has 0 radical (unpaired) electrons. The summed E-state index contributed by atoms with van der Waals surface area (Å²) in [6.45, 7) is 0. The van der Waals surface area contributed by atoms with Crippen LogP contribution in [0.1, 0.15) is 0 Å². The van der Waals surface area contributed by atoms with Crippen LogP contribution >= 0.6 is 0 Å². The Morgan fingerprint density at radius 2 is 0.290 bits per heavy atom. The Hall–Kier alpha value is -4.10.